The first-order chi connectivity index (χ1) is 23.3. The summed E-state index contributed by atoms with van der Waals surface area (Å²) in [7, 11) is 0. The molecule has 0 saturated carbocycles. The monoisotopic (exact) mass is 601 g/mol. The van der Waals surface area contributed by atoms with Crippen molar-refractivity contribution in [2.75, 3.05) is 0 Å². The van der Waals surface area contributed by atoms with E-state index in [-0.39, 0.29) is 0 Å². The van der Waals surface area contributed by atoms with E-state index in [2.05, 4.69) is 107 Å². The summed E-state index contributed by atoms with van der Waals surface area (Å²) in [5.74, 6) is 1.55. The zero-order valence-corrected chi connectivity index (χ0v) is 25.3. The number of pyridine rings is 1. The predicted molar refractivity (Wildman–Crippen MR) is 191 cm³/mol. The van der Waals surface area contributed by atoms with Gasteiger partial charge in [0.2, 0.25) is 0 Å². The topological polar surface area (TPSA) is 56.5 Å². The Hall–Kier alpha value is -6.46. The van der Waals surface area contributed by atoms with Crippen molar-refractivity contribution in [2.24, 2.45) is 0 Å². The highest BCUT2D eigenvalue weighted by atomic mass is 15.1. The van der Waals surface area contributed by atoms with E-state index in [1.165, 1.54) is 11.1 Å². The van der Waals surface area contributed by atoms with Crippen molar-refractivity contribution in [3.8, 4) is 50.8 Å². The Kier molecular flexibility index (Phi) is 6.39. The molecular formula is C42H27N5. The van der Waals surface area contributed by atoms with Crippen molar-refractivity contribution in [3.63, 3.8) is 0 Å². The van der Waals surface area contributed by atoms with Gasteiger partial charge in [-0.05, 0) is 63.0 Å². The second kappa shape index (κ2) is 11.2. The maximum atomic E-state index is 5.11. The fourth-order valence-electron chi connectivity index (χ4n) is 6.67. The maximum absolute atomic E-state index is 5.11. The van der Waals surface area contributed by atoms with Crippen molar-refractivity contribution in [1.29, 1.82) is 0 Å². The molecule has 3 heterocycles. The van der Waals surface area contributed by atoms with E-state index in [0.29, 0.717) is 5.82 Å². The highest BCUT2D eigenvalue weighted by molar-refractivity contribution is 6.21. The lowest BCUT2D eigenvalue weighted by atomic mass is 9.86. The largest absolute Gasteiger partial charge is 0.275 e. The SMILES string of the molecule is c1ccc(-c2c3ccccc3c(-c3cnc(-n4c(-c5ccccc5)nc5ccccc54)cn3)c3ccc(-c4ccccn4)cc23)cc1. The molecule has 0 N–H and O–H groups in total. The average molecular weight is 602 g/mol. The second-order valence-corrected chi connectivity index (χ2v) is 11.5. The molecule has 0 radical (unpaired) electrons. The fraction of sp³-hybridized carbons (Fsp3) is 0. The second-order valence-electron chi connectivity index (χ2n) is 11.5. The van der Waals surface area contributed by atoms with Crippen LogP contribution in [0.5, 0.6) is 0 Å². The van der Waals surface area contributed by atoms with Crippen molar-refractivity contribution in [2.45, 2.75) is 0 Å². The maximum Gasteiger partial charge on any atom is 0.157 e. The highest BCUT2D eigenvalue weighted by Crippen LogP contribution is 2.44. The first-order valence-corrected chi connectivity index (χ1v) is 15.6. The predicted octanol–water partition coefficient (Wildman–Crippen LogP) is 10.2. The van der Waals surface area contributed by atoms with E-state index < -0.39 is 0 Å². The van der Waals surface area contributed by atoms with Gasteiger partial charge in [-0.2, -0.15) is 0 Å². The quantitative estimate of drug-likeness (QED) is 0.184. The summed E-state index contributed by atoms with van der Waals surface area (Å²) in [4.78, 5) is 19.8. The molecule has 6 aromatic carbocycles. The van der Waals surface area contributed by atoms with Crippen LogP contribution in [0.15, 0.2) is 164 Å². The molecule has 0 aliphatic rings. The average Bonchev–Trinajstić information content (AvgIpc) is 3.54. The molecule has 0 spiro atoms. The third-order valence-corrected chi connectivity index (χ3v) is 8.76. The van der Waals surface area contributed by atoms with Crippen molar-refractivity contribution < 1.29 is 0 Å². The third kappa shape index (κ3) is 4.56. The van der Waals surface area contributed by atoms with E-state index in [1.54, 1.807) is 0 Å². The van der Waals surface area contributed by atoms with Crippen LogP contribution >= 0.6 is 0 Å². The molecule has 9 rings (SSSR count). The van der Waals surface area contributed by atoms with Gasteiger partial charge in [0.1, 0.15) is 5.82 Å². The molecule has 0 aliphatic heterocycles. The summed E-state index contributed by atoms with van der Waals surface area (Å²) in [5.41, 5.74) is 9.15. The fourth-order valence-corrected chi connectivity index (χ4v) is 6.67. The number of hydrogen-bond donors (Lipinski definition) is 0. The Labute approximate surface area is 271 Å². The molecule has 0 fully saturated rings. The zero-order valence-electron chi connectivity index (χ0n) is 25.3. The van der Waals surface area contributed by atoms with Gasteiger partial charge in [0, 0.05) is 22.9 Å². The Morgan fingerprint density at radius 3 is 1.85 bits per heavy atom. The van der Waals surface area contributed by atoms with Gasteiger partial charge in [0.15, 0.2) is 5.82 Å². The van der Waals surface area contributed by atoms with Crippen LogP contribution in [0.2, 0.25) is 0 Å². The molecule has 9 aromatic rings. The van der Waals surface area contributed by atoms with Crippen molar-refractivity contribution in [1.82, 2.24) is 24.5 Å². The lowest BCUT2D eigenvalue weighted by Crippen LogP contribution is -2.02. The summed E-state index contributed by atoms with van der Waals surface area (Å²) >= 11 is 0. The standard InChI is InChI=1S/C42H27N5/c1-3-13-28(14-4-1)40-31-17-7-8-18-32(31)41(33-23-22-30(25-34(33)40)35-19-11-12-24-43-35)37-26-45-39(27-44-37)47-38-21-10-9-20-36(38)46-42(47)29-15-5-2-6-16-29/h1-27H. The van der Waals surface area contributed by atoms with Gasteiger partial charge in [-0.1, -0.05) is 115 Å². The zero-order chi connectivity index (χ0) is 31.2. The Balaban J connectivity index is 1.28. The van der Waals surface area contributed by atoms with Gasteiger partial charge in [-0.3, -0.25) is 14.5 Å². The van der Waals surface area contributed by atoms with E-state index in [1.807, 2.05) is 67.1 Å². The molecule has 0 unspecified atom stereocenters. The number of imidazole rings is 1. The Bertz CT molecular complexity index is 2540. The van der Waals surface area contributed by atoms with E-state index in [0.717, 1.165) is 66.5 Å². The van der Waals surface area contributed by atoms with E-state index >= 15 is 0 Å². The van der Waals surface area contributed by atoms with Crippen LogP contribution in [0.1, 0.15) is 0 Å². The number of benzene rings is 6. The molecular weight excluding hydrogens is 574 g/mol. The summed E-state index contributed by atoms with van der Waals surface area (Å²) in [6.45, 7) is 0. The van der Waals surface area contributed by atoms with Crippen molar-refractivity contribution in [3.05, 3.63) is 164 Å². The molecule has 47 heavy (non-hydrogen) atoms. The molecule has 5 heteroatoms. The summed E-state index contributed by atoms with van der Waals surface area (Å²) in [5, 5.41) is 4.55. The third-order valence-electron chi connectivity index (χ3n) is 8.76. The molecule has 0 aliphatic carbocycles. The molecule has 0 bridgehead atoms. The smallest absolute Gasteiger partial charge is 0.157 e. The lowest BCUT2D eigenvalue weighted by molar-refractivity contribution is 1.01. The highest BCUT2D eigenvalue weighted by Gasteiger charge is 2.20. The first-order valence-electron chi connectivity index (χ1n) is 15.6. The van der Waals surface area contributed by atoms with Crippen LogP contribution in [0.4, 0.5) is 0 Å². The van der Waals surface area contributed by atoms with Crippen LogP contribution in [-0.4, -0.2) is 24.5 Å². The van der Waals surface area contributed by atoms with Gasteiger partial charge >= 0.3 is 0 Å². The molecule has 220 valence electrons. The summed E-state index contributed by atoms with van der Waals surface area (Å²) in [6, 6.07) is 50.3. The van der Waals surface area contributed by atoms with Crippen LogP contribution in [0.3, 0.4) is 0 Å². The van der Waals surface area contributed by atoms with Crippen LogP contribution in [-0.2, 0) is 0 Å². The molecule has 0 atom stereocenters. The minimum atomic E-state index is 0.716. The van der Waals surface area contributed by atoms with Gasteiger partial charge in [-0.15, -0.1) is 0 Å². The van der Waals surface area contributed by atoms with Crippen molar-refractivity contribution >= 4 is 32.6 Å². The number of aromatic nitrogens is 5. The normalized spacial score (nSPS) is 11.4. The van der Waals surface area contributed by atoms with Crippen LogP contribution < -0.4 is 0 Å². The summed E-state index contributed by atoms with van der Waals surface area (Å²) < 4.78 is 2.09. The number of rotatable bonds is 5. The number of hydrogen-bond acceptors (Lipinski definition) is 4. The molecule has 3 aromatic heterocycles. The minimum Gasteiger partial charge on any atom is -0.275 e. The van der Waals surface area contributed by atoms with E-state index in [4.69, 9.17) is 15.0 Å². The van der Waals surface area contributed by atoms with Gasteiger partial charge in [0.25, 0.3) is 0 Å². The van der Waals surface area contributed by atoms with Crippen LogP contribution in [0.25, 0.3) is 83.4 Å². The van der Waals surface area contributed by atoms with Gasteiger partial charge in [-0.25, -0.2) is 9.97 Å². The number of nitrogens with zero attached hydrogens (tertiary/aromatic N) is 5. The molecule has 0 saturated heterocycles. The number of fused-ring (bicyclic) bond motifs is 3. The van der Waals surface area contributed by atoms with Gasteiger partial charge in [0.05, 0.1) is 34.8 Å². The number of para-hydroxylation sites is 2. The Morgan fingerprint density at radius 1 is 0.426 bits per heavy atom. The summed E-state index contributed by atoms with van der Waals surface area (Å²) in [6.07, 6.45) is 5.60. The molecule has 5 nitrogen and oxygen atoms in total. The Morgan fingerprint density at radius 2 is 1.11 bits per heavy atom. The van der Waals surface area contributed by atoms with Gasteiger partial charge < -0.3 is 0 Å². The van der Waals surface area contributed by atoms with Crippen LogP contribution in [0, 0.1) is 0 Å². The molecule has 0 amide bonds. The van der Waals surface area contributed by atoms with E-state index in [9.17, 15) is 0 Å². The minimum absolute atomic E-state index is 0.716. The first kappa shape index (κ1) is 26.9. The lowest BCUT2D eigenvalue weighted by Gasteiger charge is -2.18.